The highest BCUT2D eigenvalue weighted by Crippen LogP contribution is 2.31. The Hall–Kier alpha value is -0.780. The molecule has 1 amide bonds. The lowest BCUT2D eigenvalue weighted by Crippen LogP contribution is -2.39. The Kier molecular flexibility index (Phi) is 7.18. The molecule has 1 saturated carbocycles. The molecule has 0 saturated heterocycles. The molecule has 1 fully saturated rings. The Morgan fingerprint density at radius 2 is 2.24 bits per heavy atom. The van der Waals surface area contributed by atoms with Crippen LogP contribution in [0.25, 0.3) is 0 Å². The van der Waals surface area contributed by atoms with Crippen molar-refractivity contribution < 1.29 is 4.79 Å². The lowest BCUT2D eigenvalue weighted by molar-refractivity contribution is -0.121. The van der Waals surface area contributed by atoms with E-state index in [-0.39, 0.29) is 43.3 Å². The maximum atomic E-state index is 11.4. The normalized spacial score (nSPS) is 15.4. The van der Waals surface area contributed by atoms with Crippen molar-refractivity contribution in [1.82, 2.24) is 15.1 Å². The fourth-order valence-electron chi connectivity index (χ4n) is 1.52. The number of amides is 1. The molecule has 0 radical (unpaired) electrons. The third kappa shape index (κ3) is 5.39. The number of aromatic nitrogens is 2. The first-order chi connectivity index (χ1) is 7.25. The van der Waals surface area contributed by atoms with Crippen LogP contribution in [0, 0.1) is 5.92 Å². The topological polar surface area (TPSA) is 72.9 Å². The van der Waals surface area contributed by atoms with Gasteiger partial charge in [0.2, 0.25) is 5.91 Å². The minimum absolute atomic E-state index is 0. The average Bonchev–Trinajstić information content (AvgIpc) is 2.95. The molecule has 1 unspecified atom stereocenters. The van der Waals surface area contributed by atoms with Crippen molar-refractivity contribution in [1.29, 1.82) is 0 Å². The van der Waals surface area contributed by atoms with Crippen molar-refractivity contribution in [2.45, 2.75) is 25.4 Å². The standard InChI is InChI=1S/C10H16N4O.2ClH/c11-9(8-2-3-8)6-12-10(15)7-14-5-1-4-13-14;;/h1,4-5,8-9H,2-3,6-7,11H2,(H,12,15);2*1H. The fraction of sp³-hybridized carbons (Fsp3) is 0.600. The van der Waals surface area contributed by atoms with Crippen LogP contribution in [0.3, 0.4) is 0 Å². The number of hydrogen-bond acceptors (Lipinski definition) is 3. The highest BCUT2D eigenvalue weighted by atomic mass is 35.5. The summed E-state index contributed by atoms with van der Waals surface area (Å²) in [6, 6.07) is 1.91. The number of nitrogens with two attached hydrogens (primary N) is 1. The molecule has 1 aromatic heterocycles. The van der Waals surface area contributed by atoms with Crippen LogP contribution in [-0.4, -0.2) is 28.3 Å². The third-order valence-electron chi connectivity index (χ3n) is 2.63. The van der Waals surface area contributed by atoms with Gasteiger partial charge in [0.15, 0.2) is 0 Å². The van der Waals surface area contributed by atoms with Gasteiger partial charge in [0.05, 0.1) is 0 Å². The van der Waals surface area contributed by atoms with Crippen molar-refractivity contribution in [3.8, 4) is 0 Å². The number of carbonyl (C=O) groups excluding carboxylic acids is 1. The monoisotopic (exact) mass is 280 g/mol. The van der Waals surface area contributed by atoms with Crippen LogP contribution in [0.5, 0.6) is 0 Å². The zero-order valence-corrected chi connectivity index (χ0v) is 11.0. The fourth-order valence-corrected chi connectivity index (χ4v) is 1.52. The highest BCUT2D eigenvalue weighted by molar-refractivity contribution is 5.85. The van der Waals surface area contributed by atoms with Gasteiger partial charge in [-0.1, -0.05) is 0 Å². The van der Waals surface area contributed by atoms with Gasteiger partial charge in [-0.25, -0.2) is 0 Å². The Morgan fingerprint density at radius 1 is 1.53 bits per heavy atom. The van der Waals surface area contributed by atoms with E-state index in [2.05, 4.69) is 10.4 Å². The molecule has 1 aliphatic rings. The largest absolute Gasteiger partial charge is 0.353 e. The SMILES string of the molecule is Cl.Cl.NC(CNC(=O)Cn1cccn1)C1CC1. The van der Waals surface area contributed by atoms with E-state index in [1.807, 2.05) is 0 Å². The molecule has 98 valence electrons. The molecular weight excluding hydrogens is 263 g/mol. The van der Waals surface area contributed by atoms with Crippen molar-refractivity contribution in [2.75, 3.05) is 6.54 Å². The predicted molar refractivity (Wildman–Crippen MR) is 70.4 cm³/mol. The maximum absolute atomic E-state index is 11.4. The molecule has 1 heterocycles. The van der Waals surface area contributed by atoms with Crippen LogP contribution in [0.4, 0.5) is 0 Å². The molecule has 1 aliphatic carbocycles. The molecule has 1 atom stereocenters. The van der Waals surface area contributed by atoms with E-state index in [0.717, 1.165) is 0 Å². The van der Waals surface area contributed by atoms with Crippen LogP contribution < -0.4 is 11.1 Å². The summed E-state index contributed by atoms with van der Waals surface area (Å²) < 4.78 is 1.60. The summed E-state index contributed by atoms with van der Waals surface area (Å²) in [5.41, 5.74) is 5.86. The van der Waals surface area contributed by atoms with Crippen LogP contribution >= 0.6 is 24.8 Å². The molecule has 0 bridgehead atoms. The molecule has 2 rings (SSSR count). The summed E-state index contributed by atoms with van der Waals surface area (Å²) in [6.45, 7) is 0.842. The first-order valence-corrected chi connectivity index (χ1v) is 5.25. The van der Waals surface area contributed by atoms with E-state index in [1.54, 1.807) is 23.1 Å². The van der Waals surface area contributed by atoms with Crippen molar-refractivity contribution in [3.63, 3.8) is 0 Å². The number of hydrogen-bond donors (Lipinski definition) is 2. The third-order valence-corrected chi connectivity index (χ3v) is 2.63. The highest BCUT2D eigenvalue weighted by Gasteiger charge is 2.28. The van der Waals surface area contributed by atoms with Crippen molar-refractivity contribution in [2.24, 2.45) is 11.7 Å². The Bertz CT molecular complexity index is 327. The van der Waals surface area contributed by atoms with Gasteiger partial charge in [0.25, 0.3) is 0 Å². The Morgan fingerprint density at radius 3 is 2.76 bits per heavy atom. The second kappa shape index (κ2) is 7.53. The van der Waals surface area contributed by atoms with E-state index < -0.39 is 0 Å². The summed E-state index contributed by atoms with van der Waals surface area (Å²) in [4.78, 5) is 11.4. The molecule has 0 spiro atoms. The zero-order valence-electron chi connectivity index (χ0n) is 9.41. The van der Waals surface area contributed by atoms with Crippen LogP contribution in [0.15, 0.2) is 18.5 Å². The van der Waals surface area contributed by atoms with E-state index in [9.17, 15) is 4.79 Å². The van der Waals surface area contributed by atoms with Gasteiger partial charge in [0, 0.05) is 25.0 Å². The van der Waals surface area contributed by atoms with Gasteiger partial charge >= 0.3 is 0 Å². The number of rotatable bonds is 5. The first-order valence-electron chi connectivity index (χ1n) is 5.25. The Balaban J connectivity index is 0.00000128. The van der Waals surface area contributed by atoms with Gasteiger partial charge in [-0.15, -0.1) is 24.8 Å². The summed E-state index contributed by atoms with van der Waals surface area (Å²) in [5.74, 6) is 0.588. The smallest absolute Gasteiger partial charge is 0.241 e. The molecular formula is C10H18Cl2N4O. The van der Waals surface area contributed by atoms with Crippen LogP contribution in [0.1, 0.15) is 12.8 Å². The van der Waals surface area contributed by atoms with Crippen LogP contribution in [0.2, 0.25) is 0 Å². The Labute approximate surface area is 113 Å². The summed E-state index contributed by atoms with van der Waals surface area (Å²) in [7, 11) is 0. The van der Waals surface area contributed by atoms with Gasteiger partial charge in [-0.05, 0) is 24.8 Å². The van der Waals surface area contributed by atoms with Crippen molar-refractivity contribution in [3.05, 3.63) is 18.5 Å². The minimum atomic E-state index is -0.0326. The second-order valence-electron chi connectivity index (χ2n) is 4.01. The second-order valence-corrected chi connectivity index (χ2v) is 4.01. The average molecular weight is 281 g/mol. The van der Waals surface area contributed by atoms with Gasteiger partial charge in [-0.2, -0.15) is 5.10 Å². The van der Waals surface area contributed by atoms with E-state index in [0.29, 0.717) is 12.5 Å². The van der Waals surface area contributed by atoms with E-state index in [1.165, 1.54) is 12.8 Å². The van der Waals surface area contributed by atoms with Gasteiger partial charge in [-0.3, -0.25) is 9.48 Å². The molecule has 3 N–H and O–H groups in total. The molecule has 7 heteroatoms. The number of carbonyl (C=O) groups is 1. The summed E-state index contributed by atoms with van der Waals surface area (Å²) >= 11 is 0. The van der Waals surface area contributed by atoms with Crippen LogP contribution in [-0.2, 0) is 11.3 Å². The van der Waals surface area contributed by atoms with Gasteiger partial charge < -0.3 is 11.1 Å². The first kappa shape index (κ1) is 16.2. The molecule has 1 aromatic rings. The minimum Gasteiger partial charge on any atom is -0.353 e. The lowest BCUT2D eigenvalue weighted by atomic mass is 10.2. The molecule has 0 aromatic carbocycles. The predicted octanol–water partition coefficient (Wildman–Crippen LogP) is 0.580. The summed E-state index contributed by atoms with van der Waals surface area (Å²) in [5, 5.41) is 6.77. The molecule has 5 nitrogen and oxygen atoms in total. The van der Waals surface area contributed by atoms with Crippen molar-refractivity contribution >= 4 is 30.7 Å². The lowest BCUT2D eigenvalue weighted by Gasteiger charge is -2.11. The maximum Gasteiger partial charge on any atom is 0.241 e. The number of nitrogens with one attached hydrogen (secondary N) is 1. The molecule has 17 heavy (non-hydrogen) atoms. The zero-order chi connectivity index (χ0) is 10.7. The quantitative estimate of drug-likeness (QED) is 0.829. The van der Waals surface area contributed by atoms with Gasteiger partial charge in [0.1, 0.15) is 6.54 Å². The number of nitrogens with zero attached hydrogens (tertiary/aromatic N) is 2. The summed E-state index contributed by atoms with van der Waals surface area (Å²) in [6.07, 6.45) is 5.83. The van der Waals surface area contributed by atoms with E-state index in [4.69, 9.17) is 5.73 Å². The number of halogens is 2. The van der Waals surface area contributed by atoms with E-state index >= 15 is 0 Å². The molecule has 0 aliphatic heterocycles.